The van der Waals surface area contributed by atoms with Gasteiger partial charge in [-0.3, -0.25) is 0 Å². The Morgan fingerprint density at radius 2 is 2.08 bits per heavy atom. The molecule has 0 aliphatic carbocycles. The average molecular weight is 172 g/mol. The summed E-state index contributed by atoms with van der Waals surface area (Å²) in [6.07, 6.45) is -0.0607. The third kappa shape index (κ3) is 1.57. The number of amides is 1. The highest BCUT2D eigenvalue weighted by molar-refractivity contribution is 5.77. The third-order valence-electron chi connectivity index (χ3n) is 1.66. The summed E-state index contributed by atoms with van der Waals surface area (Å²) >= 11 is 0. The van der Waals surface area contributed by atoms with E-state index >= 15 is 0 Å². The Kier molecular flexibility index (Phi) is 2.08. The summed E-state index contributed by atoms with van der Waals surface area (Å²) in [5, 5.41) is 9.42. The molecule has 4 heteroatoms. The second-order valence-corrected chi connectivity index (χ2v) is 3.79. The van der Waals surface area contributed by atoms with Crippen molar-refractivity contribution in [3.8, 4) is 0 Å². The van der Waals surface area contributed by atoms with Gasteiger partial charge in [0.2, 0.25) is 0 Å². The van der Waals surface area contributed by atoms with Crippen LogP contribution in [0.5, 0.6) is 0 Å². The molecular weight excluding hydrogens is 158 g/mol. The molecule has 0 unspecified atom stereocenters. The van der Waals surface area contributed by atoms with Crippen molar-refractivity contribution in [1.29, 1.82) is 0 Å². The topological polar surface area (TPSA) is 49.5 Å². The zero-order valence-corrected chi connectivity index (χ0v) is 7.63. The van der Waals surface area contributed by atoms with Crippen LogP contribution in [0.15, 0.2) is 0 Å². The standard InChI is InChI=1S/C8H13NO3/c1-8(2,3)9-6(10)4-5-12-7(9)11/h4-5H2,1-3H3/p+1. The van der Waals surface area contributed by atoms with Crippen LogP contribution in [-0.2, 0) is 4.74 Å². The van der Waals surface area contributed by atoms with Crippen molar-refractivity contribution in [2.24, 2.45) is 0 Å². The molecule has 0 saturated heterocycles. The highest BCUT2D eigenvalue weighted by Crippen LogP contribution is 2.12. The molecule has 0 spiro atoms. The molecule has 0 aromatic carbocycles. The normalized spacial score (nSPS) is 19.4. The van der Waals surface area contributed by atoms with Crippen LogP contribution in [0.4, 0.5) is 4.79 Å². The Morgan fingerprint density at radius 1 is 1.50 bits per heavy atom. The molecular formula is C8H14NO3+. The highest BCUT2D eigenvalue weighted by Gasteiger charge is 2.40. The van der Waals surface area contributed by atoms with Gasteiger partial charge in [-0.25, -0.2) is 0 Å². The van der Waals surface area contributed by atoms with Gasteiger partial charge in [-0.1, -0.05) is 4.58 Å². The highest BCUT2D eigenvalue weighted by atomic mass is 16.6. The lowest BCUT2D eigenvalue weighted by molar-refractivity contribution is -0.534. The van der Waals surface area contributed by atoms with E-state index in [0.717, 1.165) is 0 Å². The summed E-state index contributed by atoms with van der Waals surface area (Å²) < 4.78 is 6.07. The van der Waals surface area contributed by atoms with Gasteiger partial charge in [-0.05, 0) is 0 Å². The minimum absolute atomic E-state index is 0.0961. The van der Waals surface area contributed by atoms with Crippen molar-refractivity contribution in [1.82, 2.24) is 0 Å². The number of carbonyl (C=O) groups is 1. The first-order valence-corrected chi connectivity index (χ1v) is 3.94. The van der Waals surface area contributed by atoms with Crippen LogP contribution in [0.3, 0.4) is 0 Å². The summed E-state index contributed by atoms with van der Waals surface area (Å²) in [4.78, 5) is 11.2. The molecule has 0 aromatic heterocycles. The number of cyclic esters (lactones) is 1. The van der Waals surface area contributed by atoms with Gasteiger partial charge in [-0.2, -0.15) is 4.79 Å². The zero-order chi connectivity index (χ0) is 9.35. The van der Waals surface area contributed by atoms with E-state index in [1.807, 2.05) is 20.8 Å². The van der Waals surface area contributed by atoms with Gasteiger partial charge in [-0.15, -0.1) is 0 Å². The quantitative estimate of drug-likeness (QED) is 0.560. The van der Waals surface area contributed by atoms with Crippen LogP contribution in [0.2, 0.25) is 0 Å². The van der Waals surface area contributed by atoms with Gasteiger partial charge < -0.3 is 9.84 Å². The van der Waals surface area contributed by atoms with Gasteiger partial charge in [0, 0.05) is 20.8 Å². The third-order valence-corrected chi connectivity index (χ3v) is 1.66. The maximum atomic E-state index is 11.2. The molecule has 1 aliphatic heterocycles. The number of hydrogen-bond acceptors (Lipinski definition) is 2. The van der Waals surface area contributed by atoms with E-state index < -0.39 is 11.6 Å². The Morgan fingerprint density at radius 3 is 2.42 bits per heavy atom. The molecule has 0 fully saturated rings. The lowest BCUT2D eigenvalue weighted by atomic mass is 10.1. The van der Waals surface area contributed by atoms with Gasteiger partial charge >= 0.3 is 12.0 Å². The maximum absolute atomic E-state index is 11.2. The number of aliphatic hydroxyl groups is 1. The first-order valence-electron chi connectivity index (χ1n) is 3.94. The lowest BCUT2D eigenvalue weighted by Crippen LogP contribution is -2.45. The van der Waals surface area contributed by atoms with Crippen LogP contribution in [-0.4, -0.2) is 33.8 Å². The lowest BCUT2D eigenvalue weighted by Gasteiger charge is -2.18. The molecule has 0 saturated carbocycles. The fourth-order valence-corrected chi connectivity index (χ4v) is 1.17. The van der Waals surface area contributed by atoms with Gasteiger partial charge in [0.05, 0.1) is 0 Å². The summed E-state index contributed by atoms with van der Waals surface area (Å²) in [5.41, 5.74) is -0.415. The summed E-state index contributed by atoms with van der Waals surface area (Å²) in [7, 11) is 0. The van der Waals surface area contributed by atoms with E-state index in [2.05, 4.69) is 0 Å². The first kappa shape index (κ1) is 9.03. The predicted molar refractivity (Wildman–Crippen MR) is 43.6 cm³/mol. The fourth-order valence-electron chi connectivity index (χ4n) is 1.17. The smallest absolute Gasteiger partial charge is 0.463 e. The van der Waals surface area contributed by atoms with Gasteiger partial charge in [0.15, 0.2) is 5.54 Å². The van der Waals surface area contributed by atoms with E-state index in [1.54, 1.807) is 0 Å². The van der Waals surface area contributed by atoms with E-state index in [4.69, 9.17) is 4.74 Å². The van der Waals surface area contributed by atoms with Crippen LogP contribution in [0, 0.1) is 0 Å². The Bertz CT molecular complexity index is 237. The second-order valence-electron chi connectivity index (χ2n) is 3.79. The van der Waals surface area contributed by atoms with E-state index in [0.29, 0.717) is 6.42 Å². The number of carbonyl (C=O) groups excluding carboxylic acids is 1. The molecule has 1 aliphatic rings. The van der Waals surface area contributed by atoms with Crippen LogP contribution in [0.25, 0.3) is 0 Å². The molecule has 0 bridgehead atoms. The summed E-state index contributed by atoms with van der Waals surface area (Å²) in [5.74, 6) is 0.0961. The Labute approximate surface area is 71.5 Å². The largest absolute Gasteiger partial charge is 0.599 e. The van der Waals surface area contributed by atoms with Crippen molar-refractivity contribution in [3.63, 3.8) is 0 Å². The number of rotatable bonds is 0. The number of hydrogen-bond donors (Lipinski definition) is 1. The molecule has 0 radical (unpaired) electrons. The van der Waals surface area contributed by atoms with E-state index in [-0.39, 0.29) is 12.5 Å². The molecule has 1 N–H and O–H groups in total. The van der Waals surface area contributed by atoms with Crippen molar-refractivity contribution in [3.05, 3.63) is 0 Å². The SMILES string of the molecule is CC(C)(C)[N+]1=C(O)CCOC1=O. The van der Waals surface area contributed by atoms with Crippen molar-refractivity contribution in [2.75, 3.05) is 6.61 Å². The van der Waals surface area contributed by atoms with E-state index in [1.165, 1.54) is 4.58 Å². The first-order chi connectivity index (χ1) is 5.43. The summed E-state index contributed by atoms with van der Waals surface area (Å²) in [6, 6.07) is 0. The number of ether oxygens (including phenoxy) is 1. The van der Waals surface area contributed by atoms with E-state index in [9.17, 15) is 9.90 Å². The average Bonchev–Trinajstić information content (AvgIpc) is 1.82. The van der Waals surface area contributed by atoms with Crippen molar-refractivity contribution in [2.45, 2.75) is 32.7 Å². The monoisotopic (exact) mass is 172 g/mol. The minimum atomic E-state index is -0.466. The van der Waals surface area contributed by atoms with Crippen LogP contribution < -0.4 is 0 Å². The Hall–Kier alpha value is -1.06. The molecule has 0 aromatic rings. The van der Waals surface area contributed by atoms with Crippen molar-refractivity contribution >= 4 is 12.0 Å². The van der Waals surface area contributed by atoms with Crippen molar-refractivity contribution < 1.29 is 19.2 Å². The van der Waals surface area contributed by atoms with Crippen LogP contribution >= 0.6 is 0 Å². The Balaban J connectivity index is 3.05. The minimum Gasteiger partial charge on any atom is -0.463 e. The zero-order valence-electron chi connectivity index (χ0n) is 7.63. The van der Waals surface area contributed by atoms with Crippen LogP contribution in [0.1, 0.15) is 27.2 Å². The molecule has 1 amide bonds. The second kappa shape index (κ2) is 2.77. The number of aliphatic hydroxyl groups excluding tert-OH is 1. The fraction of sp³-hybridized carbons (Fsp3) is 0.750. The predicted octanol–water partition coefficient (Wildman–Crippen LogP) is 1.29. The van der Waals surface area contributed by atoms with Gasteiger partial charge in [0.25, 0.3) is 0 Å². The summed E-state index contributed by atoms with van der Waals surface area (Å²) in [6.45, 7) is 5.80. The molecule has 12 heavy (non-hydrogen) atoms. The molecule has 4 nitrogen and oxygen atoms in total. The molecule has 0 atom stereocenters. The molecule has 68 valence electrons. The molecule has 1 rings (SSSR count). The van der Waals surface area contributed by atoms with Gasteiger partial charge in [0.1, 0.15) is 13.0 Å². The molecule has 1 heterocycles. The maximum Gasteiger partial charge on any atom is 0.599 e. The number of nitrogens with zero attached hydrogens (tertiary/aromatic N) is 1.